The predicted molar refractivity (Wildman–Crippen MR) is 81.8 cm³/mol. The predicted octanol–water partition coefficient (Wildman–Crippen LogP) is 3.58. The molecule has 4 heteroatoms. The van der Waals surface area contributed by atoms with Crippen LogP contribution in [0.1, 0.15) is 28.4 Å². The molecule has 0 radical (unpaired) electrons. The number of esters is 1. The van der Waals surface area contributed by atoms with Gasteiger partial charge in [-0.25, -0.2) is 4.79 Å². The molecular weight excluding hydrogens is 266 g/mol. The smallest absolute Gasteiger partial charge is 0.343 e. The van der Waals surface area contributed by atoms with E-state index in [9.17, 15) is 4.79 Å². The second-order valence-electron chi connectivity index (χ2n) is 4.61. The lowest BCUT2D eigenvalue weighted by atomic mass is 10.1. The second-order valence-corrected chi connectivity index (χ2v) is 4.61. The Morgan fingerprint density at radius 1 is 1.05 bits per heavy atom. The minimum Gasteiger partial charge on any atom is -0.422 e. The molecule has 0 aliphatic heterocycles. The Morgan fingerprint density at radius 2 is 1.71 bits per heavy atom. The number of hydrogen-bond donors (Lipinski definition) is 0. The number of hydrogen-bond acceptors (Lipinski definition) is 4. The van der Waals surface area contributed by atoms with E-state index in [1.54, 1.807) is 31.2 Å². The van der Waals surface area contributed by atoms with Crippen molar-refractivity contribution >= 4 is 11.7 Å². The molecular formula is C17H17NO3. The van der Waals surface area contributed by atoms with Crippen molar-refractivity contribution in [3.8, 4) is 5.75 Å². The summed E-state index contributed by atoms with van der Waals surface area (Å²) < 4.78 is 5.46. The number of para-hydroxylation sites is 1. The fourth-order valence-electron chi connectivity index (χ4n) is 1.89. The van der Waals surface area contributed by atoms with Crippen LogP contribution in [0, 0.1) is 6.92 Å². The molecule has 2 rings (SSSR count). The molecule has 0 unspecified atom stereocenters. The minimum absolute atomic E-state index is 0.396. The average molecular weight is 283 g/mol. The summed E-state index contributed by atoms with van der Waals surface area (Å²) in [4.78, 5) is 16.9. The van der Waals surface area contributed by atoms with Crippen molar-refractivity contribution in [1.29, 1.82) is 0 Å². The van der Waals surface area contributed by atoms with Crippen LogP contribution in [0.3, 0.4) is 0 Å². The number of nitrogens with zero attached hydrogens (tertiary/aromatic N) is 1. The molecule has 0 atom stereocenters. The van der Waals surface area contributed by atoms with Gasteiger partial charge in [0, 0.05) is 5.56 Å². The zero-order valence-electron chi connectivity index (χ0n) is 12.3. The van der Waals surface area contributed by atoms with E-state index in [0.717, 1.165) is 11.1 Å². The van der Waals surface area contributed by atoms with E-state index in [-0.39, 0.29) is 0 Å². The maximum Gasteiger partial charge on any atom is 0.343 e. The molecule has 0 aromatic heterocycles. The zero-order valence-corrected chi connectivity index (χ0v) is 12.3. The van der Waals surface area contributed by atoms with Gasteiger partial charge < -0.3 is 9.57 Å². The van der Waals surface area contributed by atoms with Gasteiger partial charge in [0.2, 0.25) is 0 Å². The SMILES string of the molecule is CO/N=C(\C)c1ccccc1OC(=O)c1ccc(C)cc1. The molecule has 0 aliphatic rings. The van der Waals surface area contributed by atoms with Crippen molar-refractivity contribution in [2.45, 2.75) is 13.8 Å². The summed E-state index contributed by atoms with van der Waals surface area (Å²) in [7, 11) is 1.48. The number of benzene rings is 2. The number of ether oxygens (including phenoxy) is 1. The summed E-state index contributed by atoms with van der Waals surface area (Å²) in [5.74, 6) is 0.0639. The highest BCUT2D eigenvalue weighted by Gasteiger charge is 2.13. The minimum atomic E-state index is -0.396. The molecule has 0 heterocycles. The van der Waals surface area contributed by atoms with Crippen LogP contribution in [0.15, 0.2) is 53.7 Å². The molecule has 21 heavy (non-hydrogen) atoms. The van der Waals surface area contributed by atoms with Crippen LogP contribution in [0.4, 0.5) is 0 Å². The van der Waals surface area contributed by atoms with Crippen LogP contribution in [-0.4, -0.2) is 18.8 Å². The van der Waals surface area contributed by atoms with Gasteiger partial charge in [0.15, 0.2) is 0 Å². The Balaban J connectivity index is 2.25. The standard InChI is InChI=1S/C17H17NO3/c1-12-8-10-14(11-9-12)17(19)21-16-7-5-4-6-15(16)13(2)18-20-3/h4-11H,1-3H3/b18-13+. The molecule has 0 aliphatic carbocycles. The van der Waals surface area contributed by atoms with Crippen molar-refractivity contribution in [1.82, 2.24) is 0 Å². The van der Waals surface area contributed by atoms with Gasteiger partial charge in [-0.2, -0.15) is 0 Å². The van der Waals surface area contributed by atoms with Crippen molar-refractivity contribution in [2.24, 2.45) is 5.16 Å². The van der Waals surface area contributed by atoms with Gasteiger partial charge in [-0.1, -0.05) is 35.0 Å². The summed E-state index contributed by atoms with van der Waals surface area (Å²) in [5, 5.41) is 3.87. The maximum atomic E-state index is 12.2. The summed E-state index contributed by atoms with van der Waals surface area (Å²) in [6.07, 6.45) is 0. The average Bonchev–Trinajstić information content (AvgIpc) is 2.48. The first kappa shape index (κ1) is 14.8. The van der Waals surface area contributed by atoms with E-state index < -0.39 is 5.97 Å². The number of aryl methyl sites for hydroxylation is 1. The monoisotopic (exact) mass is 283 g/mol. The van der Waals surface area contributed by atoms with Crippen LogP contribution in [-0.2, 0) is 4.84 Å². The third kappa shape index (κ3) is 3.69. The first-order chi connectivity index (χ1) is 10.1. The first-order valence-corrected chi connectivity index (χ1v) is 6.58. The Morgan fingerprint density at radius 3 is 2.38 bits per heavy atom. The molecule has 0 spiro atoms. The highest BCUT2D eigenvalue weighted by Crippen LogP contribution is 2.20. The highest BCUT2D eigenvalue weighted by atomic mass is 16.6. The zero-order chi connectivity index (χ0) is 15.2. The molecule has 108 valence electrons. The Labute approximate surface area is 124 Å². The van der Waals surface area contributed by atoms with E-state index in [1.165, 1.54) is 7.11 Å². The molecule has 0 saturated carbocycles. The van der Waals surface area contributed by atoms with E-state index >= 15 is 0 Å². The van der Waals surface area contributed by atoms with Gasteiger partial charge in [-0.05, 0) is 38.1 Å². The topological polar surface area (TPSA) is 47.9 Å². The molecule has 0 amide bonds. The van der Waals surface area contributed by atoms with Gasteiger partial charge in [0.25, 0.3) is 0 Å². The lowest BCUT2D eigenvalue weighted by Crippen LogP contribution is -2.11. The van der Waals surface area contributed by atoms with Gasteiger partial charge in [-0.15, -0.1) is 0 Å². The fraction of sp³-hybridized carbons (Fsp3) is 0.176. The Bertz CT molecular complexity index is 660. The molecule has 2 aromatic rings. The van der Waals surface area contributed by atoms with Crippen molar-refractivity contribution in [3.63, 3.8) is 0 Å². The quantitative estimate of drug-likeness (QED) is 0.373. The van der Waals surface area contributed by atoms with Crippen LogP contribution < -0.4 is 4.74 Å². The lowest BCUT2D eigenvalue weighted by Gasteiger charge is -2.09. The summed E-state index contributed by atoms with van der Waals surface area (Å²) >= 11 is 0. The molecule has 0 bridgehead atoms. The number of carbonyl (C=O) groups excluding carboxylic acids is 1. The summed E-state index contributed by atoms with van der Waals surface area (Å²) in [6.45, 7) is 3.76. The number of rotatable bonds is 4. The molecule has 0 N–H and O–H groups in total. The fourth-order valence-corrected chi connectivity index (χ4v) is 1.89. The van der Waals surface area contributed by atoms with E-state index in [2.05, 4.69) is 5.16 Å². The summed E-state index contributed by atoms with van der Waals surface area (Å²) in [5.41, 5.74) is 2.97. The van der Waals surface area contributed by atoms with Crippen molar-refractivity contribution < 1.29 is 14.4 Å². The third-order valence-corrected chi connectivity index (χ3v) is 2.99. The Kier molecular flexibility index (Phi) is 4.72. The highest BCUT2D eigenvalue weighted by molar-refractivity contribution is 6.02. The summed E-state index contributed by atoms with van der Waals surface area (Å²) in [6, 6.07) is 14.5. The molecule has 4 nitrogen and oxygen atoms in total. The lowest BCUT2D eigenvalue weighted by molar-refractivity contribution is 0.0734. The van der Waals surface area contributed by atoms with Gasteiger partial charge in [0.05, 0.1) is 11.3 Å². The normalized spacial score (nSPS) is 11.1. The van der Waals surface area contributed by atoms with E-state index in [1.807, 2.05) is 31.2 Å². The number of carbonyl (C=O) groups is 1. The third-order valence-electron chi connectivity index (χ3n) is 2.99. The second kappa shape index (κ2) is 6.70. The van der Waals surface area contributed by atoms with Gasteiger partial charge in [0.1, 0.15) is 12.9 Å². The van der Waals surface area contributed by atoms with Gasteiger partial charge in [-0.3, -0.25) is 0 Å². The van der Waals surface area contributed by atoms with E-state index in [4.69, 9.17) is 9.57 Å². The van der Waals surface area contributed by atoms with Crippen molar-refractivity contribution in [3.05, 3.63) is 65.2 Å². The van der Waals surface area contributed by atoms with E-state index in [0.29, 0.717) is 17.0 Å². The largest absolute Gasteiger partial charge is 0.422 e. The molecule has 0 fully saturated rings. The van der Waals surface area contributed by atoms with Crippen LogP contribution in [0.2, 0.25) is 0 Å². The van der Waals surface area contributed by atoms with Crippen LogP contribution in [0.25, 0.3) is 0 Å². The Hall–Kier alpha value is -2.62. The molecule has 0 saturated heterocycles. The number of oxime groups is 1. The van der Waals surface area contributed by atoms with Crippen LogP contribution >= 0.6 is 0 Å². The van der Waals surface area contributed by atoms with Gasteiger partial charge >= 0.3 is 5.97 Å². The van der Waals surface area contributed by atoms with Crippen molar-refractivity contribution in [2.75, 3.05) is 7.11 Å². The maximum absolute atomic E-state index is 12.2. The molecule has 2 aromatic carbocycles. The van der Waals surface area contributed by atoms with Crippen LogP contribution in [0.5, 0.6) is 5.75 Å². The first-order valence-electron chi connectivity index (χ1n) is 6.58.